The van der Waals surface area contributed by atoms with Crippen LogP contribution in [0.25, 0.3) is 0 Å². The standard InChI is InChI=1S/C11H21N5O/c1-15(6-4-3-5-11(12)14-17)8-10-7-13-16(2)9-10/h7,9,17H,3-6,8H2,1-2H3,(H2,12,14). The van der Waals surface area contributed by atoms with Crippen LogP contribution in [-0.2, 0) is 13.6 Å². The van der Waals surface area contributed by atoms with Crippen molar-refractivity contribution in [2.75, 3.05) is 13.6 Å². The number of hydrogen-bond acceptors (Lipinski definition) is 4. The second-order valence-corrected chi connectivity index (χ2v) is 4.31. The van der Waals surface area contributed by atoms with Crippen LogP contribution in [-0.4, -0.2) is 39.3 Å². The van der Waals surface area contributed by atoms with Gasteiger partial charge in [0.05, 0.1) is 6.20 Å². The quantitative estimate of drug-likeness (QED) is 0.242. The molecule has 1 heterocycles. The summed E-state index contributed by atoms with van der Waals surface area (Å²) in [5.74, 6) is 0.305. The van der Waals surface area contributed by atoms with Crippen molar-refractivity contribution in [3.05, 3.63) is 18.0 Å². The fourth-order valence-corrected chi connectivity index (χ4v) is 1.68. The molecule has 6 nitrogen and oxygen atoms in total. The van der Waals surface area contributed by atoms with E-state index in [0.717, 1.165) is 25.9 Å². The topological polar surface area (TPSA) is 79.7 Å². The van der Waals surface area contributed by atoms with E-state index in [1.54, 1.807) is 0 Å². The normalized spacial score (nSPS) is 12.3. The summed E-state index contributed by atoms with van der Waals surface area (Å²) in [6.45, 7) is 1.89. The van der Waals surface area contributed by atoms with Crippen molar-refractivity contribution in [2.45, 2.75) is 25.8 Å². The number of nitrogens with zero attached hydrogens (tertiary/aromatic N) is 4. The first-order valence-electron chi connectivity index (χ1n) is 5.74. The first kappa shape index (κ1) is 13.5. The summed E-state index contributed by atoms with van der Waals surface area (Å²) in [7, 11) is 4.00. The molecule has 0 atom stereocenters. The van der Waals surface area contributed by atoms with Gasteiger partial charge in [0.1, 0.15) is 5.84 Å². The predicted octanol–water partition coefficient (Wildman–Crippen LogP) is 0.769. The highest BCUT2D eigenvalue weighted by atomic mass is 16.4. The van der Waals surface area contributed by atoms with Crippen LogP contribution in [0.15, 0.2) is 17.5 Å². The van der Waals surface area contributed by atoms with E-state index in [0.29, 0.717) is 12.3 Å². The highest BCUT2D eigenvalue weighted by molar-refractivity contribution is 5.79. The largest absolute Gasteiger partial charge is 0.409 e. The SMILES string of the molecule is CN(CCCC/C(N)=N/O)Cc1cnn(C)c1. The van der Waals surface area contributed by atoms with Crippen molar-refractivity contribution in [3.8, 4) is 0 Å². The van der Waals surface area contributed by atoms with Crippen LogP contribution < -0.4 is 5.73 Å². The summed E-state index contributed by atoms with van der Waals surface area (Å²) >= 11 is 0. The molecule has 0 aliphatic heterocycles. The summed E-state index contributed by atoms with van der Waals surface area (Å²) in [6.07, 6.45) is 6.53. The third-order valence-corrected chi connectivity index (χ3v) is 2.56. The molecule has 0 bridgehead atoms. The van der Waals surface area contributed by atoms with Crippen LogP contribution in [0.3, 0.4) is 0 Å². The van der Waals surface area contributed by atoms with E-state index in [-0.39, 0.29) is 0 Å². The third-order valence-electron chi connectivity index (χ3n) is 2.56. The van der Waals surface area contributed by atoms with Gasteiger partial charge in [-0.3, -0.25) is 4.68 Å². The highest BCUT2D eigenvalue weighted by Crippen LogP contribution is 2.03. The molecule has 6 heteroatoms. The Labute approximate surface area is 102 Å². The number of aryl methyl sites for hydroxylation is 1. The van der Waals surface area contributed by atoms with Gasteiger partial charge in [-0.25, -0.2) is 0 Å². The molecule has 0 aliphatic rings. The van der Waals surface area contributed by atoms with E-state index in [4.69, 9.17) is 10.9 Å². The van der Waals surface area contributed by atoms with Gasteiger partial charge in [0, 0.05) is 31.8 Å². The van der Waals surface area contributed by atoms with Crippen molar-refractivity contribution < 1.29 is 5.21 Å². The molecule has 3 N–H and O–H groups in total. The number of unbranched alkanes of at least 4 members (excludes halogenated alkanes) is 1. The molecule has 0 aromatic carbocycles. The van der Waals surface area contributed by atoms with E-state index in [1.165, 1.54) is 5.56 Å². The van der Waals surface area contributed by atoms with Crippen molar-refractivity contribution in [1.29, 1.82) is 0 Å². The van der Waals surface area contributed by atoms with E-state index >= 15 is 0 Å². The van der Waals surface area contributed by atoms with Crippen molar-refractivity contribution in [2.24, 2.45) is 17.9 Å². The lowest BCUT2D eigenvalue weighted by molar-refractivity contribution is 0.312. The maximum atomic E-state index is 8.38. The minimum Gasteiger partial charge on any atom is -0.409 e. The van der Waals surface area contributed by atoms with Gasteiger partial charge in [0.15, 0.2) is 0 Å². The van der Waals surface area contributed by atoms with Crippen LogP contribution in [0.4, 0.5) is 0 Å². The summed E-state index contributed by atoms with van der Waals surface area (Å²) < 4.78 is 1.81. The zero-order chi connectivity index (χ0) is 12.7. The van der Waals surface area contributed by atoms with Crippen molar-refractivity contribution >= 4 is 5.84 Å². The lowest BCUT2D eigenvalue weighted by atomic mass is 10.2. The molecule has 0 spiro atoms. The lowest BCUT2D eigenvalue weighted by Crippen LogP contribution is -2.19. The van der Waals surface area contributed by atoms with Gasteiger partial charge >= 0.3 is 0 Å². The van der Waals surface area contributed by atoms with Gasteiger partial charge in [-0.05, 0) is 26.4 Å². The van der Waals surface area contributed by atoms with Crippen LogP contribution in [0.5, 0.6) is 0 Å². The van der Waals surface area contributed by atoms with Crippen LogP contribution in [0.2, 0.25) is 0 Å². The highest BCUT2D eigenvalue weighted by Gasteiger charge is 2.02. The molecule has 1 aromatic rings. The van der Waals surface area contributed by atoms with Crippen LogP contribution >= 0.6 is 0 Å². The summed E-state index contributed by atoms with van der Waals surface area (Å²) in [6, 6.07) is 0. The smallest absolute Gasteiger partial charge is 0.139 e. The van der Waals surface area contributed by atoms with Gasteiger partial charge in [-0.1, -0.05) is 5.16 Å². The Bertz CT molecular complexity index is 360. The van der Waals surface area contributed by atoms with Gasteiger partial charge in [-0.15, -0.1) is 0 Å². The second kappa shape index (κ2) is 6.90. The average molecular weight is 239 g/mol. The minimum atomic E-state index is 0.305. The number of rotatable bonds is 7. The molecular formula is C11H21N5O. The van der Waals surface area contributed by atoms with Gasteiger partial charge < -0.3 is 15.8 Å². The Balaban J connectivity index is 2.15. The van der Waals surface area contributed by atoms with Crippen LogP contribution in [0, 0.1) is 0 Å². The number of aromatic nitrogens is 2. The number of hydrogen-bond donors (Lipinski definition) is 2. The summed E-state index contributed by atoms with van der Waals surface area (Å²) in [5, 5.41) is 15.5. The Kier molecular flexibility index (Phi) is 5.48. The minimum absolute atomic E-state index is 0.305. The molecule has 96 valence electrons. The second-order valence-electron chi connectivity index (χ2n) is 4.31. The van der Waals surface area contributed by atoms with Gasteiger partial charge in [-0.2, -0.15) is 5.10 Å². The maximum Gasteiger partial charge on any atom is 0.139 e. The fraction of sp³-hybridized carbons (Fsp3) is 0.636. The van der Waals surface area contributed by atoms with E-state index < -0.39 is 0 Å². The zero-order valence-electron chi connectivity index (χ0n) is 10.5. The first-order valence-corrected chi connectivity index (χ1v) is 5.74. The van der Waals surface area contributed by atoms with Gasteiger partial charge in [0.25, 0.3) is 0 Å². The molecule has 0 amide bonds. The Morgan fingerprint density at radius 2 is 2.35 bits per heavy atom. The summed E-state index contributed by atoms with van der Waals surface area (Å²) in [4.78, 5) is 2.24. The van der Waals surface area contributed by atoms with E-state index in [9.17, 15) is 0 Å². The lowest BCUT2D eigenvalue weighted by Gasteiger charge is -2.15. The van der Waals surface area contributed by atoms with Crippen LogP contribution in [0.1, 0.15) is 24.8 Å². The average Bonchev–Trinajstić information content (AvgIpc) is 2.69. The Morgan fingerprint density at radius 3 is 2.94 bits per heavy atom. The Morgan fingerprint density at radius 1 is 1.59 bits per heavy atom. The fourth-order valence-electron chi connectivity index (χ4n) is 1.68. The summed E-state index contributed by atoms with van der Waals surface area (Å²) in [5.41, 5.74) is 6.61. The molecule has 17 heavy (non-hydrogen) atoms. The molecule has 0 saturated carbocycles. The third kappa shape index (κ3) is 5.35. The molecule has 0 saturated heterocycles. The number of amidine groups is 1. The van der Waals surface area contributed by atoms with E-state index in [2.05, 4.69) is 22.2 Å². The molecule has 0 fully saturated rings. The molecular weight excluding hydrogens is 218 g/mol. The zero-order valence-corrected chi connectivity index (χ0v) is 10.5. The van der Waals surface area contributed by atoms with Crippen molar-refractivity contribution in [3.63, 3.8) is 0 Å². The molecule has 0 aliphatic carbocycles. The number of nitrogens with two attached hydrogens (primary N) is 1. The van der Waals surface area contributed by atoms with Crippen molar-refractivity contribution in [1.82, 2.24) is 14.7 Å². The molecule has 1 rings (SSSR count). The monoisotopic (exact) mass is 239 g/mol. The number of oxime groups is 1. The molecule has 0 unspecified atom stereocenters. The maximum absolute atomic E-state index is 8.38. The molecule has 1 aromatic heterocycles. The predicted molar refractivity (Wildman–Crippen MR) is 66.8 cm³/mol. The first-order chi connectivity index (χ1) is 8.11. The van der Waals surface area contributed by atoms with E-state index in [1.807, 2.05) is 24.1 Å². The van der Waals surface area contributed by atoms with Gasteiger partial charge in [0.2, 0.25) is 0 Å². The molecule has 0 radical (unpaired) electrons. The Hall–Kier alpha value is -1.56.